The summed E-state index contributed by atoms with van der Waals surface area (Å²) in [5.41, 5.74) is 5.47. The van der Waals surface area contributed by atoms with Gasteiger partial charge in [-0.2, -0.15) is 0 Å². The van der Waals surface area contributed by atoms with Gasteiger partial charge in [0.1, 0.15) is 11.3 Å². The standard InChI is InChI=1S/C31H27ClN2O3/c1-20-15-25(32)9-10-26(20)31(23-5-3-2-4-6-23)34-30(36)17-21-7-8-24-18-29(37-28(24)16-21)27(19-35)22-11-13-33-14-12-22/h2-16,18,27,31,35H,17,19H2,1H3,(H,34,36). The van der Waals surface area contributed by atoms with Crippen molar-refractivity contribution >= 4 is 28.5 Å². The van der Waals surface area contributed by atoms with E-state index in [1.165, 1.54) is 0 Å². The number of amides is 1. The molecule has 2 aromatic heterocycles. The first-order valence-corrected chi connectivity index (χ1v) is 12.5. The summed E-state index contributed by atoms with van der Waals surface area (Å²) < 4.78 is 6.12. The van der Waals surface area contributed by atoms with Crippen LogP contribution in [0.2, 0.25) is 5.02 Å². The molecule has 2 unspecified atom stereocenters. The number of aryl methyl sites for hydroxylation is 1. The van der Waals surface area contributed by atoms with Crippen LogP contribution in [0.4, 0.5) is 0 Å². The molecule has 2 atom stereocenters. The summed E-state index contributed by atoms with van der Waals surface area (Å²) in [6.07, 6.45) is 3.60. The Morgan fingerprint density at radius 2 is 1.76 bits per heavy atom. The largest absolute Gasteiger partial charge is 0.460 e. The van der Waals surface area contributed by atoms with E-state index in [2.05, 4.69) is 10.3 Å². The van der Waals surface area contributed by atoms with E-state index in [9.17, 15) is 9.90 Å². The number of nitrogens with zero attached hydrogens (tertiary/aromatic N) is 1. The number of aliphatic hydroxyl groups is 1. The van der Waals surface area contributed by atoms with Gasteiger partial charge in [0.25, 0.3) is 0 Å². The van der Waals surface area contributed by atoms with Crippen LogP contribution < -0.4 is 5.32 Å². The average Bonchev–Trinajstić information content (AvgIpc) is 3.32. The lowest BCUT2D eigenvalue weighted by Crippen LogP contribution is -2.31. The van der Waals surface area contributed by atoms with Gasteiger partial charge in [-0.25, -0.2) is 0 Å². The zero-order valence-electron chi connectivity index (χ0n) is 20.4. The van der Waals surface area contributed by atoms with E-state index in [1.807, 2.05) is 91.9 Å². The second-order valence-corrected chi connectivity index (χ2v) is 9.56. The van der Waals surface area contributed by atoms with E-state index < -0.39 is 0 Å². The second-order valence-electron chi connectivity index (χ2n) is 9.13. The molecule has 5 rings (SSSR count). The highest BCUT2D eigenvalue weighted by Crippen LogP contribution is 2.31. The first-order valence-electron chi connectivity index (χ1n) is 12.2. The van der Waals surface area contributed by atoms with Crippen LogP contribution in [0.25, 0.3) is 11.0 Å². The summed E-state index contributed by atoms with van der Waals surface area (Å²) in [5.74, 6) is 0.295. The van der Waals surface area contributed by atoms with Gasteiger partial charge in [0.05, 0.1) is 25.0 Å². The van der Waals surface area contributed by atoms with Crippen molar-refractivity contribution in [3.63, 3.8) is 0 Å². The third-order valence-corrected chi connectivity index (χ3v) is 6.82. The zero-order valence-corrected chi connectivity index (χ0v) is 21.2. The van der Waals surface area contributed by atoms with Crippen molar-refractivity contribution in [1.82, 2.24) is 10.3 Å². The summed E-state index contributed by atoms with van der Waals surface area (Å²) in [5, 5.41) is 14.8. The molecule has 0 saturated carbocycles. The fraction of sp³-hybridized carbons (Fsp3) is 0.161. The number of fused-ring (bicyclic) bond motifs is 1. The molecule has 186 valence electrons. The van der Waals surface area contributed by atoms with E-state index in [1.54, 1.807) is 12.4 Å². The molecule has 0 aliphatic carbocycles. The molecule has 0 fully saturated rings. The van der Waals surface area contributed by atoms with Crippen LogP contribution in [0.5, 0.6) is 0 Å². The van der Waals surface area contributed by atoms with Crippen LogP contribution in [0, 0.1) is 6.92 Å². The first-order chi connectivity index (χ1) is 18.0. The number of aliphatic hydroxyl groups excluding tert-OH is 1. The molecule has 37 heavy (non-hydrogen) atoms. The van der Waals surface area contributed by atoms with Gasteiger partial charge in [0.15, 0.2) is 0 Å². The molecule has 3 aromatic carbocycles. The molecular weight excluding hydrogens is 484 g/mol. The van der Waals surface area contributed by atoms with Crippen LogP contribution >= 0.6 is 11.6 Å². The molecule has 6 heteroatoms. The van der Waals surface area contributed by atoms with E-state index in [0.717, 1.165) is 33.2 Å². The van der Waals surface area contributed by atoms with Crippen LogP contribution in [-0.4, -0.2) is 22.6 Å². The normalized spacial score (nSPS) is 12.8. The van der Waals surface area contributed by atoms with Gasteiger partial charge in [-0.3, -0.25) is 9.78 Å². The Balaban J connectivity index is 1.37. The van der Waals surface area contributed by atoms with Crippen LogP contribution in [0.1, 0.15) is 45.5 Å². The van der Waals surface area contributed by atoms with E-state index in [0.29, 0.717) is 16.4 Å². The lowest BCUT2D eigenvalue weighted by atomic mass is 9.94. The minimum absolute atomic E-state index is 0.0793. The molecule has 0 aliphatic rings. The topological polar surface area (TPSA) is 75.4 Å². The number of aromatic nitrogens is 1. The van der Waals surface area contributed by atoms with Crippen LogP contribution in [-0.2, 0) is 11.2 Å². The number of carbonyl (C=O) groups excluding carboxylic acids is 1. The Hall–Kier alpha value is -3.93. The third-order valence-electron chi connectivity index (χ3n) is 6.58. The summed E-state index contributed by atoms with van der Waals surface area (Å²) >= 11 is 6.18. The summed E-state index contributed by atoms with van der Waals surface area (Å²) in [4.78, 5) is 17.3. The van der Waals surface area contributed by atoms with Gasteiger partial charge in [-0.15, -0.1) is 0 Å². The number of rotatable bonds is 8. The first kappa shape index (κ1) is 24.8. The molecule has 1 amide bonds. The minimum atomic E-state index is -0.296. The SMILES string of the molecule is Cc1cc(Cl)ccc1C(NC(=O)Cc1ccc2cc(C(CO)c3ccncc3)oc2c1)c1ccccc1. The Labute approximate surface area is 220 Å². The molecule has 0 bridgehead atoms. The summed E-state index contributed by atoms with van der Waals surface area (Å²) in [6, 6.07) is 26.8. The second kappa shape index (κ2) is 11.0. The smallest absolute Gasteiger partial charge is 0.225 e. The molecule has 0 saturated heterocycles. The maximum Gasteiger partial charge on any atom is 0.225 e. The fourth-order valence-electron chi connectivity index (χ4n) is 4.68. The van der Waals surface area contributed by atoms with Crippen LogP contribution in [0.3, 0.4) is 0 Å². The van der Waals surface area contributed by atoms with Gasteiger partial charge in [-0.05, 0) is 71.1 Å². The fourth-order valence-corrected chi connectivity index (χ4v) is 4.91. The van der Waals surface area contributed by atoms with Crippen molar-refractivity contribution in [3.8, 4) is 0 Å². The predicted molar refractivity (Wildman–Crippen MR) is 146 cm³/mol. The molecule has 2 N–H and O–H groups in total. The van der Waals surface area contributed by atoms with Gasteiger partial charge < -0.3 is 14.8 Å². The Morgan fingerprint density at radius 1 is 0.973 bits per heavy atom. The van der Waals surface area contributed by atoms with E-state index in [4.69, 9.17) is 16.0 Å². The number of carbonyl (C=O) groups is 1. The van der Waals surface area contributed by atoms with Crippen molar-refractivity contribution < 1.29 is 14.3 Å². The Morgan fingerprint density at radius 3 is 2.49 bits per heavy atom. The lowest BCUT2D eigenvalue weighted by molar-refractivity contribution is -0.120. The number of hydrogen-bond acceptors (Lipinski definition) is 4. The van der Waals surface area contributed by atoms with Crippen molar-refractivity contribution in [2.45, 2.75) is 25.3 Å². The molecule has 0 spiro atoms. The quantitative estimate of drug-likeness (QED) is 0.254. The number of pyridine rings is 1. The molecule has 5 nitrogen and oxygen atoms in total. The molecule has 0 radical (unpaired) electrons. The number of hydrogen-bond donors (Lipinski definition) is 2. The number of nitrogens with one attached hydrogen (secondary N) is 1. The molecule has 5 aromatic rings. The Bertz CT molecular complexity index is 1520. The highest BCUT2D eigenvalue weighted by molar-refractivity contribution is 6.30. The molecule has 2 heterocycles. The van der Waals surface area contributed by atoms with Crippen LogP contribution in [0.15, 0.2) is 102 Å². The number of benzene rings is 3. The molecular formula is C31H27ClN2O3. The van der Waals surface area contributed by atoms with Crippen molar-refractivity contribution in [2.24, 2.45) is 0 Å². The van der Waals surface area contributed by atoms with Gasteiger partial charge in [0.2, 0.25) is 5.91 Å². The van der Waals surface area contributed by atoms with E-state index >= 15 is 0 Å². The monoisotopic (exact) mass is 510 g/mol. The van der Waals surface area contributed by atoms with Gasteiger partial charge in [0, 0.05) is 22.8 Å². The summed E-state index contributed by atoms with van der Waals surface area (Å²) in [7, 11) is 0. The summed E-state index contributed by atoms with van der Waals surface area (Å²) in [6.45, 7) is 1.92. The van der Waals surface area contributed by atoms with Crippen molar-refractivity contribution in [1.29, 1.82) is 0 Å². The average molecular weight is 511 g/mol. The lowest BCUT2D eigenvalue weighted by Gasteiger charge is -2.22. The maximum absolute atomic E-state index is 13.2. The highest BCUT2D eigenvalue weighted by atomic mass is 35.5. The predicted octanol–water partition coefficient (Wildman–Crippen LogP) is 6.36. The maximum atomic E-state index is 13.2. The number of halogens is 1. The van der Waals surface area contributed by atoms with Gasteiger partial charge in [-0.1, -0.05) is 60.1 Å². The highest BCUT2D eigenvalue weighted by Gasteiger charge is 2.21. The minimum Gasteiger partial charge on any atom is -0.460 e. The molecule has 0 aliphatic heterocycles. The van der Waals surface area contributed by atoms with Crippen molar-refractivity contribution in [3.05, 3.63) is 136 Å². The third kappa shape index (κ3) is 5.58. The van der Waals surface area contributed by atoms with Crippen molar-refractivity contribution in [2.75, 3.05) is 6.61 Å². The Kier molecular flexibility index (Phi) is 7.35. The van der Waals surface area contributed by atoms with E-state index in [-0.39, 0.29) is 30.9 Å². The van der Waals surface area contributed by atoms with Gasteiger partial charge >= 0.3 is 0 Å². The number of furan rings is 1. The zero-order chi connectivity index (χ0) is 25.8.